The molecule has 4 heterocycles. The summed E-state index contributed by atoms with van der Waals surface area (Å²) in [5, 5.41) is 20.6. The Kier molecular flexibility index (Phi) is 6.90. The number of nitriles is 1. The fraction of sp³-hybridized carbons (Fsp3) is 0.520. The molecular weight excluding hydrogens is 516 g/mol. The maximum Gasteiger partial charge on any atom is 0.264 e. The van der Waals surface area contributed by atoms with Crippen LogP contribution in [0.1, 0.15) is 43.4 Å². The van der Waals surface area contributed by atoms with E-state index in [1.54, 1.807) is 0 Å². The molecule has 13 heteroatoms. The highest BCUT2D eigenvalue weighted by molar-refractivity contribution is 6.36. The Morgan fingerprint density at radius 2 is 1.87 bits per heavy atom. The van der Waals surface area contributed by atoms with Crippen molar-refractivity contribution in [1.82, 2.24) is 24.5 Å². The predicted molar refractivity (Wildman–Crippen MR) is 139 cm³/mol. The van der Waals surface area contributed by atoms with Crippen molar-refractivity contribution in [3.05, 3.63) is 34.6 Å². The van der Waals surface area contributed by atoms with Gasteiger partial charge in [-0.3, -0.25) is 4.90 Å². The second-order valence-electron chi connectivity index (χ2n) is 9.89. The quantitative estimate of drug-likeness (QED) is 0.453. The minimum absolute atomic E-state index is 0.125. The van der Waals surface area contributed by atoms with Gasteiger partial charge in [-0.15, -0.1) is 5.10 Å². The van der Waals surface area contributed by atoms with E-state index in [1.807, 2.05) is 0 Å². The first-order valence-corrected chi connectivity index (χ1v) is 13.3. The van der Waals surface area contributed by atoms with Crippen LogP contribution in [0.5, 0.6) is 0 Å². The van der Waals surface area contributed by atoms with Gasteiger partial charge in [0, 0.05) is 43.8 Å². The Bertz CT molecular complexity index is 1360. The summed E-state index contributed by atoms with van der Waals surface area (Å²) in [4.78, 5) is 13.3. The van der Waals surface area contributed by atoms with Crippen LogP contribution in [0.25, 0.3) is 5.65 Å². The lowest BCUT2D eigenvalue weighted by Gasteiger charge is -2.41. The third kappa shape index (κ3) is 5.06. The largest absolute Gasteiger partial charge is 0.379 e. The molecule has 0 spiro atoms. The average Bonchev–Trinajstić information content (AvgIpc) is 3.66. The fourth-order valence-electron chi connectivity index (χ4n) is 5.14. The predicted octanol–water partition coefficient (Wildman–Crippen LogP) is 4.21. The lowest BCUT2D eigenvalue weighted by Crippen LogP contribution is -2.49. The molecule has 0 amide bonds. The monoisotopic (exact) mass is 543 g/mol. The lowest BCUT2D eigenvalue weighted by atomic mass is 10.0. The standard InChI is InChI=1S/C25H28ClF2N9O/c26-21-19(32-25-33-23(31-16-1-2-16)24-30-14-18(13-29)37(24)34-25)11-15(22(27)28)12-20(21)36-5-3-17(4-6-36)35-7-9-38-10-8-35/h11-12,14,16-17,22H,1-10H2,(H2,31,32,33,34). The number of piperidine rings is 1. The van der Waals surface area contributed by atoms with Crippen LogP contribution in [-0.4, -0.2) is 76.0 Å². The van der Waals surface area contributed by atoms with Gasteiger partial charge in [0.15, 0.2) is 17.2 Å². The van der Waals surface area contributed by atoms with E-state index in [1.165, 1.54) is 22.8 Å². The van der Waals surface area contributed by atoms with Crippen molar-refractivity contribution in [3.8, 4) is 6.07 Å². The van der Waals surface area contributed by atoms with E-state index < -0.39 is 6.43 Å². The summed E-state index contributed by atoms with van der Waals surface area (Å²) >= 11 is 6.82. The number of fused-ring (bicyclic) bond motifs is 1. The first kappa shape index (κ1) is 25.0. The molecule has 3 fully saturated rings. The van der Waals surface area contributed by atoms with Crippen LogP contribution in [-0.2, 0) is 4.74 Å². The van der Waals surface area contributed by atoms with Gasteiger partial charge < -0.3 is 20.3 Å². The Morgan fingerprint density at radius 1 is 1.11 bits per heavy atom. The highest BCUT2D eigenvalue weighted by Gasteiger charge is 2.29. The van der Waals surface area contributed by atoms with Crippen molar-refractivity contribution in [3.63, 3.8) is 0 Å². The molecule has 1 saturated carbocycles. The zero-order valence-corrected chi connectivity index (χ0v) is 21.5. The number of alkyl halides is 2. The number of rotatable bonds is 7. The Hall–Kier alpha value is -3.27. The molecule has 38 heavy (non-hydrogen) atoms. The molecule has 0 radical (unpaired) electrons. The van der Waals surface area contributed by atoms with E-state index >= 15 is 0 Å². The van der Waals surface area contributed by atoms with Crippen molar-refractivity contribution in [2.75, 3.05) is 54.9 Å². The van der Waals surface area contributed by atoms with Gasteiger partial charge in [-0.1, -0.05) is 11.6 Å². The Morgan fingerprint density at radius 3 is 2.55 bits per heavy atom. The van der Waals surface area contributed by atoms with Crippen LogP contribution in [0, 0.1) is 11.3 Å². The van der Waals surface area contributed by atoms with Crippen LogP contribution in [0.15, 0.2) is 18.3 Å². The van der Waals surface area contributed by atoms with Crippen LogP contribution in [0.2, 0.25) is 5.02 Å². The zero-order valence-electron chi connectivity index (χ0n) is 20.7. The Labute approximate surface area is 223 Å². The summed E-state index contributed by atoms with van der Waals surface area (Å²) in [7, 11) is 0. The topological polar surface area (TPSA) is 107 Å². The second kappa shape index (κ2) is 10.5. The minimum atomic E-state index is -2.67. The number of benzene rings is 1. The molecule has 10 nitrogen and oxygen atoms in total. The number of halogens is 3. The zero-order chi connectivity index (χ0) is 26.2. The van der Waals surface area contributed by atoms with Crippen molar-refractivity contribution in [2.45, 2.75) is 44.2 Å². The molecular formula is C25H28ClF2N9O. The van der Waals surface area contributed by atoms with Crippen molar-refractivity contribution in [2.24, 2.45) is 0 Å². The molecule has 0 bridgehead atoms. The molecule has 3 aliphatic rings. The summed E-state index contributed by atoms with van der Waals surface area (Å²) < 4.78 is 34.8. The fourth-order valence-corrected chi connectivity index (χ4v) is 5.42. The first-order valence-electron chi connectivity index (χ1n) is 12.9. The summed E-state index contributed by atoms with van der Waals surface area (Å²) in [6.45, 7) is 4.77. The number of nitrogens with zero attached hydrogens (tertiary/aromatic N) is 7. The van der Waals surface area contributed by atoms with E-state index in [4.69, 9.17) is 16.3 Å². The maximum absolute atomic E-state index is 14.0. The molecule has 6 rings (SSSR count). The van der Waals surface area contributed by atoms with E-state index in [2.05, 4.69) is 41.6 Å². The normalized spacial score (nSPS) is 19.2. The number of anilines is 4. The third-order valence-electron chi connectivity index (χ3n) is 7.34. The van der Waals surface area contributed by atoms with Gasteiger partial charge in [0.1, 0.15) is 6.07 Å². The number of ether oxygens (including phenoxy) is 1. The summed E-state index contributed by atoms with van der Waals surface area (Å²) in [5.41, 5.74) is 1.37. The molecule has 2 N–H and O–H groups in total. The molecule has 3 aromatic rings. The number of hydrogen-bond donors (Lipinski definition) is 2. The van der Waals surface area contributed by atoms with Gasteiger partial charge in [0.2, 0.25) is 5.95 Å². The molecule has 2 aliphatic heterocycles. The average molecular weight is 544 g/mol. The van der Waals surface area contributed by atoms with Crippen molar-refractivity contribution in [1.29, 1.82) is 5.26 Å². The van der Waals surface area contributed by atoms with Crippen LogP contribution in [0.3, 0.4) is 0 Å². The number of aromatic nitrogens is 4. The molecule has 2 aromatic heterocycles. The summed E-state index contributed by atoms with van der Waals surface area (Å²) in [5.74, 6) is 0.596. The van der Waals surface area contributed by atoms with E-state index in [9.17, 15) is 14.0 Å². The second-order valence-corrected chi connectivity index (χ2v) is 10.3. The number of imidazole rings is 1. The van der Waals surface area contributed by atoms with Crippen molar-refractivity contribution >= 4 is 40.4 Å². The van der Waals surface area contributed by atoms with E-state index in [-0.39, 0.29) is 28.9 Å². The van der Waals surface area contributed by atoms with E-state index in [0.717, 1.165) is 52.0 Å². The minimum Gasteiger partial charge on any atom is -0.379 e. The van der Waals surface area contributed by atoms with Crippen LogP contribution >= 0.6 is 11.6 Å². The van der Waals surface area contributed by atoms with Gasteiger partial charge >= 0.3 is 0 Å². The Balaban J connectivity index is 1.29. The summed E-state index contributed by atoms with van der Waals surface area (Å²) in [6.07, 6.45) is 2.62. The number of nitrogens with one attached hydrogen (secondary N) is 2. The number of hydrogen-bond acceptors (Lipinski definition) is 9. The van der Waals surface area contributed by atoms with Gasteiger partial charge in [0.05, 0.1) is 35.8 Å². The molecule has 2 saturated heterocycles. The van der Waals surface area contributed by atoms with Crippen LogP contribution in [0.4, 0.5) is 31.9 Å². The van der Waals surface area contributed by atoms with Gasteiger partial charge in [-0.2, -0.15) is 14.8 Å². The highest BCUT2D eigenvalue weighted by Crippen LogP contribution is 2.40. The molecule has 200 valence electrons. The highest BCUT2D eigenvalue weighted by atomic mass is 35.5. The molecule has 0 unspecified atom stereocenters. The third-order valence-corrected chi connectivity index (χ3v) is 7.73. The molecule has 0 atom stereocenters. The number of morpholine rings is 1. The SMILES string of the molecule is N#Cc1cnc2c(NC3CC3)nc(Nc3cc(C(F)F)cc(N4CCC(N5CCOCC5)CC4)c3Cl)nn12. The first-order chi connectivity index (χ1) is 18.5. The maximum atomic E-state index is 14.0. The molecule has 1 aliphatic carbocycles. The smallest absolute Gasteiger partial charge is 0.264 e. The van der Waals surface area contributed by atoms with Gasteiger partial charge in [-0.05, 0) is 37.8 Å². The lowest BCUT2D eigenvalue weighted by molar-refractivity contribution is 0.0115. The van der Waals surface area contributed by atoms with Crippen molar-refractivity contribution < 1.29 is 13.5 Å². The molecule has 1 aromatic carbocycles. The van der Waals surface area contributed by atoms with E-state index in [0.29, 0.717) is 41.3 Å². The summed E-state index contributed by atoms with van der Waals surface area (Å²) in [6, 6.07) is 5.60. The van der Waals surface area contributed by atoms with Gasteiger partial charge in [-0.25, -0.2) is 13.8 Å². The van der Waals surface area contributed by atoms with Gasteiger partial charge in [0.25, 0.3) is 6.43 Å². The van der Waals surface area contributed by atoms with Crippen LogP contribution < -0.4 is 15.5 Å².